The van der Waals surface area contributed by atoms with E-state index in [-0.39, 0.29) is 10.3 Å². The van der Waals surface area contributed by atoms with Gasteiger partial charge in [-0.1, -0.05) is 12.1 Å². The highest BCUT2D eigenvalue weighted by Gasteiger charge is 2.44. The van der Waals surface area contributed by atoms with Crippen molar-refractivity contribution in [2.75, 3.05) is 11.4 Å². The third kappa shape index (κ3) is 2.10. The Labute approximate surface area is 112 Å². The Morgan fingerprint density at radius 3 is 2.79 bits per heavy atom. The van der Waals surface area contributed by atoms with Crippen LogP contribution in [0.3, 0.4) is 0 Å². The normalized spacial score (nSPS) is 21.5. The summed E-state index contributed by atoms with van der Waals surface area (Å²) in [6.07, 6.45) is 3.90. The SMILES string of the molecule is N#CCC1(CN2C=NS(=O)(=O)c3ccccc32)CC1. The second-order valence-corrected chi connectivity index (χ2v) is 6.73. The van der Waals surface area contributed by atoms with Crippen molar-refractivity contribution in [1.29, 1.82) is 5.26 Å². The Morgan fingerprint density at radius 1 is 1.37 bits per heavy atom. The Kier molecular flexibility index (Phi) is 2.61. The van der Waals surface area contributed by atoms with Gasteiger partial charge in [0.15, 0.2) is 0 Å². The van der Waals surface area contributed by atoms with Crippen molar-refractivity contribution < 1.29 is 8.42 Å². The molecule has 5 nitrogen and oxygen atoms in total. The first kappa shape index (κ1) is 12.2. The number of nitriles is 1. The van der Waals surface area contributed by atoms with Crippen LogP contribution in [0.15, 0.2) is 33.6 Å². The second-order valence-electron chi connectivity index (χ2n) is 5.13. The van der Waals surface area contributed by atoms with E-state index in [1.54, 1.807) is 18.2 Å². The van der Waals surface area contributed by atoms with Crippen LogP contribution in [0.2, 0.25) is 0 Å². The average Bonchev–Trinajstić information content (AvgIpc) is 3.14. The van der Waals surface area contributed by atoms with Crippen molar-refractivity contribution in [3.05, 3.63) is 24.3 Å². The highest BCUT2D eigenvalue weighted by Crippen LogP contribution is 2.50. The maximum Gasteiger partial charge on any atom is 0.285 e. The van der Waals surface area contributed by atoms with Crippen molar-refractivity contribution in [2.24, 2.45) is 9.81 Å². The summed E-state index contributed by atoms with van der Waals surface area (Å²) >= 11 is 0. The number of rotatable bonds is 3. The number of para-hydroxylation sites is 1. The summed E-state index contributed by atoms with van der Waals surface area (Å²) in [5.74, 6) is 0. The average molecular weight is 275 g/mol. The maximum absolute atomic E-state index is 11.8. The zero-order valence-corrected chi connectivity index (χ0v) is 11.1. The fourth-order valence-corrected chi connectivity index (χ4v) is 3.42. The standard InChI is InChI=1S/C13H13N3O2S/c14-8-7-13(5-6-13)9-16-10-15-19(17,18)12-4-2-1-3-11(12)16/h1-4,10H,5-7,9H2. The number of anilines is 1. The fraction of sp³-hybridized carbons (Fsp3) is 0.385. The topological polar surface area (TPSA) is 73.5 Å². The fourth-order valence-electron chi connectivity index (χ4n) is 2.37. The molecule has 0 spiro atoms. The maximum atomic E-state index is 11.8. The van der Waals surface area contributed by atoms with Crippen LogP contribution >= 0.6 is 0 Å². The molecule has 1 saturated carbocycles. The molecule has 3 rings (SSSR count). The van der Waals surface area contributed by atoms with Gasteiger partial charge in [0.2, 0.25) is 0 Å². The van der Waals surface area contributed by atoms with Crippen LogP contribution in [0.25, 0.3) is 0 Å². The van der Waals surface area contributed by atoms with E-state index in [0.29, 0.717) is 18.7 Å². The van der Waals surface area contributed by atoms with Gasteiger partial charge < -0.3 is 4.90 Å². The van der Waals surface area contributed by atoms with Gasteiger partial charge in [-0.05, 0) is 25.0 Å². The van der Waals surface area contributed by atoms with Gasteiger partial charge in [0.1, 0.15) is 11.2 Å². The molecular formula is C13H13N3O2S. The first-order valence-electron chi connectivity index (χ1n) is 6.09. The molecule has 1 aromatic rings. The van der Waals surface area contributed by atoms with E-state index in [1.165, 1.54) is 6.34 Å². The summed E-state index contributed by atoms with van der Waals surface area (Å²) in [6.45, 7) is 0.649. The summed E-state index contributed by atoms with van der Waals surface area (Å²) in [4.78, 5) is 2.09. The lowest BCUT2D eigenvalue weighted by Gasteiger charge is -2.28. The molecule has 0 saturated heterocycles. The minimum Gasteiger partial charge on any atom is -0.330 e. The van der Waals surface area contributed by atoms with Gasteiger partial charge in [-0.25, -0.2) is 0 Å². The quantitative estimate of drug-likeness (QED) is 0.844. The van der Waals surface area contributed by atoms with E-state index in [4.69, 9.17) is 5.26 Å². The van der Waals surface area contributed by atoms with Crippen LogP contribution in [-0.2, 0) is 10.0 Å². The minimum atomic E-state index is -3.56. The first-order valence-corrected chi connectivity index (χ1v) is 7.54. The molecule has 1 fully saturated rings. The van der Waals surface area contributed by atoms with E-state index >= 15 is 0 Å². The summed E-state index contributed by atoms with van der Waals surface area (Å²) < 4.78 is 27.3. The molecule has 0 aromatic heterocycles. The highest BCUT2D eigenvalue weighted by molar-refractivity contribution is 7.90. The van der Waals surface area contributed by atoms with E-state index in [0.717, 1.165) is 12.8 Å². The number of nitrogens with zero attached hydrogens (tertiary/aromatic N) is 3. The lowest BCUT2D eigenvalue weighted by molar-refractivity contribution is 0.535. The van der Waals surface area contributed by atoms with E-state index in [9.17, 15) is 8.42 Å². The Bertz CT molecular complexity index is 684. The van der Waals surface area contributed by atoms with Crippen molar-refractivity contribution in [3.63, 3.8) is 0 Å². The van der Waals surface area contributed by atoms with E-state index < -0.39 is 10.0 Å². The van der Waals surface area contributed by atoms with Crippen molar-refractivity contribution in [3.8, 4) is 6.07 Å². The van der Waals surface area contributed by atoms with Gasteiger partial charge >= 0.3 is 0 Å². The molecule has 1 heterocycles. The van der Waals surface area contributed by atoms with Crippen LogP contribution in [0.1, 0.15) is 19.3 Å². The number of hydrogen-bond acceptors (Lipinski definition) is 4. The molecule has 19 heavy (non-hydrogen) atoms. The highest BCUT2D eigenvalue weighted by atomic mass is 32.2. The smallest absolute Gasteiger partial charge is 0.285 e. The molecule has 6 heteroatoms. The predicted octanol–water partition coefficient (Wildman–Crippen LogP) is 1.92. The molecule has 98 valence electrons. The lowest BCUT2D eigenvalue weighted by Crippen LogP contribution is -2.32. The van der Waals surface area contributed by atoms with Crippen LogP contribution < -0.4 is 4.90 Å². The predicted molar refractivity (Wildman–Crippen MR) is 71.4 cm³/mol. The molecule has 0 atom stereocenters. The molecule has 1 aliphatic heterocycles. The molecule has 0 N–H and O–H groups in total. The van der Waals surface area contributed by atoms with Gasteiger partial charge in [-0.15, -0.1) is 4.40 Å². The Hall–Kier alpha value is -1.87. The van der Waals surface area contributed by atoms with Crippen LogP contribution in [0.5, 0.6) is 0 Å². The summed E-state index contributed by atoms with van der Waals surface area (Å²) in [5.41, 5.74) is 0.663. The molecule has 0 bridgehead atoms. The van der Waals surface area contributed by atoms with Crippen LogP contribution in [-0.4, -0.2) is 21.3 Å². The van der Waals surface area contributed by atoms with Gasteiger partial charge in [0.25, 0.3) is 10.0 Å². The molecule has 1 aliphatic carbocycles. The summed E-state index contributed by atoms with van der Waals surface area (Å²) in [7, 11) is -3.56. The molecule has 0 amide bonds. The van der Waals surface area contributed by atoms with Crippen molar-refractivity contribution >= 4 is 22.0 Å². The molecule has 0 unspecified atom stereocenters. The molecular weight excluding hydrogens is 262 g/mol. The van der Waals surface area contributed by atoms with Gasteiger partial charge in [0, 0.05) is 18.4 Å². The Balaban J connectivity index is 1.95. The molecule has 2 aliphatic rings. The molecule has 0 radical (unpaired) electrons. The summed E-state index contributed by atoms with van der Waals surface area (Å²) in [6, 6.07) is 9.06. The third-order valence-electron chi connectivity index (χ3n) is 3.69. The second kappa shape index (κ2) is 4.07. The zero-order valence-electron chi connectivity index (χ0n) is 10.3. The Morgan fingerprint density at radius 2 is 2.11 bits per heavy atom. The van der Waals surface area contributed by atoms with E-state index in [1.807, 2.05) is 11.0 Å². The van der Waals surface area contributed by atoms with E-state index in [2.05, 4.69) is 10.5 Å². The van der Waals surface area contributed by atoms with Crippen molar-refractivity contribution in [2.45, 2.75) is 24.2 Å². The molecule has 1 aromatic carbocycles. The van der Waals surface area contributed by atoms with Gasteiger partial charge in [0.05, 0.1) is 11.8 Å². The third-order valence-corrected chi connectivity index (χ3v) is 4.97. The number of benzene rings is 1. The first-order chi connectivity index (χ1) is 9.06. The minimum absolute atomic E-state index is 0.00891. The monoisotopic (exact) mass is 275 g/mol. The summed E-state index contributed by atoms with van der Waals surface area (Å²) in [5, 5.41) is 8.85. The van der Waals surface area contributed by atoms with Crippen LogP contribution in [0, 0.1) is 16.7 Å². The number of fused-ring (bicyclic) bond motifs is 1. The number of sulfonamides is 1. The van der Waals surface area contributed by atoms with Gasteiger partial charge in [-0.2, -0.15) is 13.7 Å². The van der Waals surface area contributed by atoms with Crippen molar-refractivity contribution in [1.82, 2.24) is 0 Å². The van der Waals surface area contributed by atoms with Crippen LogP contribution in [0.4, 0.5) is 5.69 Å². The number of hydrogen-bond donors (Lipinski definition) is 0. The van der Waals surface area contributed by atoms with Gasteiger partial charge in [-0.3, -0.25) is 0 Å². The zero-order chi connectivity index (χ0) is 13.5. The lowest BCUT2D eigenvalue weighted by atomic mass is 10.0. The largest absolute Gasteiger partial charge is 0.330 e.